The van der Waals surface area contributed by atoms with E-state index >= 15 is 0 Å². The van der Waals surface area contributed by atoms with Crippen molar-refractivity contribution in [1.82, 2.24) is 5.43 Å². The normalized spacial score (nSPS) is 10.4. The smallest absolute Gasteiger partial charge is 0.262 e. The Morgan fingerprint density at radius 3 is 2.47 bits per heavy atom. The number of hydrogen-bond donors (Lipinski definition) is 3. The molecule has 34 heavy (non-hydrogen) atoms. The lowest BCUT2D eigenvalue weighted by atomic mass is 10.2. The van der Waals surface area contributed by atoms with Crippen molar-refractivity contribution in [1.29, 1.82) is 0 Å². The lowest BCUT2D eigenvalue weighted by Gasteiger charge is -2.13. The number of hydrazone groups is 1. The van der Waals surface area contributed by atoms with Crippen molar-refractivity contribution in [3.63, 3.8) is 0 Å². The Balaban J connectivity index is 1.54. The van der Waals surface area contributed by atoms with Gasteiger partial charge in [0.2, 0.25) is 0 Å². The van der Waals surface area contributed by atoms with E-state index in [9.17, 15) is 4.79 Å². The van der Waals surface area contributed by atoms with Crippen LogP contribution in [0.5, 0.6) is 17.2 Å². The van der Waals surface area contributed by atoms with E-state index in [1.807, 2.05) is 30.3 Å². The van der Waals surface area contributed by atoms with Gasteiger partial charge in [0.15, 0.2) is 23.2 Å². The van der Waals surface area contributed by atoms with Crippen LogP contribution >= 0.6 is 23.8 Å². The molecule has 0 saturated carbocycles. The zero-order chi connectivity index (χ0) is 24.3. The lowest BCUT2D eigenvalue weighted by Crippen LogP contribution is -2.23. The number of carbonyl (C=O) groups excluding carboxylic acids is 1. The highest BCUT2D eigenvalue weighted by atomic mass is 35.5. The largest absolute Gasteiger partial charge is 0.495 e. The van der Waals surface area contributed by atoms with Gasteiger partial charge in [0.05, 0.1) is 26.1 Å². The van der Waals surface area contributed by atoms with Gasteiger partial charge in [0.25, 0.3) is 5.91 Å². The van der Waals surface area contributed by atoms with Gasteiger partial charge in [-0.05, 0) is 60.2 Å². The number of amides is 1. The van der Waals surface area contributed by atoms with Gasteiger partial charge in [0, 0.05) is 16.8 Å². The minimum absolute atomic E-state index is 0.226. The zero-order valence-electron chi connectivity index (χ0n) is 18.5. The fourth-order valence-electron chi connectivity index (χ4n) is 2.83. The molecule has 0 aliphatic rings. The SMILES string of the molecule is COc1cc(Cl)ccc1NC(=O)COc1ccc(/C=N/NC(=S)Nc2ccccc2)cc1OC. The number of para-hydroxylation sites is 1. The first-order valence-corrected chi connectivity index (χ1v) is 10.9. The van der Waals surface area contributed by atoms with Crippen molar-refractivity contribution in [3.8, 4) is 17.2 Å². The minimum Gasteiger partial charge on any atom is -0.495 e. The zero-order valence-corrected chi connectivity index (χ0v) is 20.1. The standard InChI is InChI=1S/C24H23ClN4O4S/c1-31-21-13-17(25)9-10-19(21)28-23(30)15-33-20-11-8-16(12-22(20)32-2)14-26-29-24(34)27-18-6-4-3-5-7-18/h3-14H,15H2,1-2H3,(H,28,30)(H2,27,29,34)/b26-14+. The van der Waals surface area contributed by atoms with E-state index in [0.717, 1.165) is 11.3 Å². The van der Waals surface area contributed by atoms with Crippen molar-refractivity contribution in [2.45, 2.75) is 0 Å². The van der Waals surface area contributed by atoms with Crippen LogP contribution in [0.25, 0.3) is 0 Å². The van der Waals surface area contributed by atoms with Gasteiger partial charge >= 0.3 is 0 Å². The number of anilines is 2. The van der Waals surface area contributed by atoms with E-state index < -0.39 is 0 Å². The van der Waals surface area contributed by atoms with Crippen LogP contribution in [-0.4, -0.2) is 38.1 Å². The Morgan fingerprint density at radius 2 is 1.74 bits per heavy atom. The summed E-state index contributed by atoms with van der Waals surface area (Å²) in [7, 11) is 3.01. The van der Waals surface area contributed by atoms with E-state index in [-0.39, 0.29) is 12.5 Å². The van der Waals surface area contributed by atoms with Gasteiger partial charge in [0.1, 0.15) is 5.75 Å². The third kappa shape index (κ3) is 7.36. The number of ether oxygens (including phenoxy) is 3. The number of thiocarbonyl (C=S) groups is 1. The van der Waals surface area contributed by atoms with Crippen molar-refractivity contribution < 1.29 is 19.0 Å². The van der Waals surface area contributed by atoms with Gasteiger partial charge in [-0.25, -0.2) is 0 Å². The van der Waals surface area contributed by atoms with Crippen molar-refractivity contribution in [2.24, 2.45) is 5.10 Å². The first-order valence-electron chi connectivity index (χ1n) is 10.1. The van der Waals surface area contributed by atoms with Crippen molar-refractivity contribution >= 4 is 52.4 Å². The quantitative estimate of drug-likeness (QED) is 0.224. The highest BCUT2D eigenvalue weighted by Gasteiger charge is 2.11. The molecule has 0 saturated heterocycles. The molecule has 3 rings (SSSR count). The number of halogens is 1. The number of hydrogen-bond acceptors (Lipinski definition) is 6. The molecule has 0 fully saturated rings. The third-order valence-corrected chi connectivity index (χ3v) is 4.82. The van der Waals surface area contributed by atoms with Gasteiger partial charge in [-0.1, -0.05) is 29.8 Å². The molecule has 0 bridgehead atoms. The molecule has 8 nitrogen and oxygen atoms in total. The predicted octanol–water partition coefficient (Wildman–Crippen LogP) is 4.70. The molecular formula is C24H23ClN4O4S. The Hall–Kier alpha value is -3.82. The number of methoxy groups -OCH3 is 2. The Labute approximate surface area is 207 Å². The molecule has 0 atom stereocenters. The molecule has 0 radical (unpaired) electrons. The van der Waals surface area contributed by atoms with Crippen LogP contribution in [0.4, 0.5) is 11.4 Å². The van der Waals surface area contributed by atoms with Crippen molar-refractivity contribution in [3.05, 3.63) is 77.3 Å². The number of rotatable bonds is 9. The topological polar surface area (TPSA) is 93.2 Å². The molecule has 176 valence electrons. The molecule has 0 aromatic heterocycles. The third-order valence-electron chi connectivity index (χ3n) is 4.40. The summed E-state index contributed by atoms with van der Waals surface area (Å²) in [6.45, 7) is -0.226. The molecule has 10 heteroatoms. The minimum atomic E-state index is -0.364. The lowest BCUT2D eigenvalue weighted by molar-refractivity contribution is -0.118. The molecule has 0 aliphatic heterocycles. The average Bonchev–Trinajstić information content (AvgIpc) is 2.84. The maximum Gasteiger partial charge on any atom is 0.262 e. The van der Waals surface area contributed by atoms with Gasteiger partial charge in [-0.2, -0.15) is 5.10 Å². The highest BCUT2D eigenvalue weighted by molar-refractivity contribution is 7.80. The monoisotopic (exact) mass is 498 g/mol. The van der Waals surface area contributed by atoms with Crippen LogP contribution in [0.15, 0.2) is 71.8 Å². The van der Waals surface area contributed by atoms with Crippen LogP contribution < -0.4 is 30.3 Å². The molecule has 0 unspecified atom stereocenters. The Morgan fingerprint density at radius 1 is 0.971 bits per heavy atom. The fraction of sp³-hybridized carbons (Fsp3) is 0.125. The molecule has 0 spiro atoms. The summed E-state index contributed by atoms with van der Waals surface area (Å²) in [5.41, 5.74) is 4.85. The van der Waals surface area contributed by atoms with Crippen LogP contribution in [0.1, 0.15) is 5.56 Å². The molecule has 1 amide bonds. The van der Waals surface area contributed by atoms with Crippen LogP contribution in [0.2, 0.25) is 5.02 Å². The molecule has 3 aromatic carbocycles. The second-order valence-electron chi connectivity index (χ2n) is 6.78. The molecule has 3 N–H and O–H groups in total. The number of benzene rings is 3. The first kappa shape index (κ1) is 24.8. The van der Waals surface area contributed by atoms with Crippen molar-refractivity contribution in [2.75, 3.05) is 31.5 Å². The summed E-state index contributed by atoms with van der Waals surface area (Å²) in [4.78, 5) is 12.3. The summed E-state index contributed by atoms with van der Waals surface area (Å²) >= 11 is 11.2. The summed E-state index contributed by atoms with van der Waals surface area (Å²) in [5, 5.41) is 10.7. The van der Waals surface area contributed by atoms with Gasteiger partial charge < -0.3 is 24.8 Å². The van der Waals surface area contributed by atoms with E-state index in [1.54, 1.807) is 42.6 Å². The molecule has 0 heterocycles. The highest BCUT2D eigenvalue weighted by Crippen LogP contribution is 2.29. The van der Waals surface area contributed by atoms with Gasteiger partial charge in [-0.15, -0.1) is 0 Å². The van der Waals surface area contributed by atoms with E-state index in [0.29, 0.717) is 33.1 Å². The van der Waals surface area contributed by atoms with E-state index in [2.05, 4.69) is 21.2 Å². The van der Waals surface area contributed by atoms with Crippen LogP contribution in [0, 0.1) is 0 Å². The molecule has 0 aliphatic carbocycles. The van der Waals surface area contributed by atoms with E-state index in [1.165, 1.54) is 14.2 Å². The second-order valence-corrected chi connectivity index (χ2v) is 7.63. The predicted molar refractivity (Wildman–Crippen MR) is 139 cm³/mol. The first-order chi connectivity index (χ1) is 16.5. The second kappa shape index (κ2) is 12.4. The maximum absolute atomic E-state index is 12.3. The molecular weight excluding hydrogens is 476 g/mol. The summed E-state index contributed by atoms with van der Waals surface area (Å²) in [5.74, 6) is 0.948. The Kier molecular flexibility index (Phi) is 9.07. The average molecular weight is 499 g/mol. The fourth-order valence-corrected chi connectivity index (χ4v) is 3.16. The number of nitrogens with zero attached hydrogens (tertiary/aromatic N) is 1. The number of carbonyl (C=O) groups is 1. The Bertz CT molecular complexity index is 1170. The summed E-state index contributed by atoms with van der Waals surface area (Å²) < 4.78 is 16.2. The summed E-state index contributed by atoms with van der Waals surface area (Å²) in [6, 6.07) is 19.6. The van der Waals surface area contributed by atoms with Crippen LogP contribution in [-0.2, 0) is 4.79 Å². The maximum atomic E-state index is 12.3. The van der Waals surface area contributed by atoms with Gasteiger partial charge in [-0.3, -0.25) is 10.2 Å². The number of nitrogens with one attached hydrogen (secondary N) is 3. The molecule has 3 aromatic rings. The van der Waals surface area contributed by atoms with Crippen LogP contribution in [0.3, 0.4) is 0 Å². The summed E-state index contributed by atoms with van der Waals surface area (Å²) in [6.07, 6.45) is 1.59. The van der Waals surface area contributed by atoms with E-state index in [4.69, 9.17) is 38.0 Å².